The highest BCUT2D eigenvalue weighted by Crippen LogP contribution is 2.41. The summed E-state index contributed by atoms with van der Waals surface area (Å²) in [6.07, 6.45) is 9.61. The Morgan fingerprint density at radius 2 is 1.97 bits per heavy atom. The van der Waals surface area contributed by atoms with E-state index in [4.69, 9.17) is 16.3 Å². The molecule has 3 rings (SSSR count). The van der Waals surface area contributed by atoms with Crippen molar-refractivity contribution in [1.82, 2.24) is 9.88 Å². The second kappa shape index (κ2) is 12.2. The normalized spacial score (nSPS) is 17.5. The summed E-state index contributed by atoms with van der Waals surface area (Å²) in [6.45, 7) is 5.46. The number of nitrogens with zero attached hydrogens (tertiary/aromatic N) is 2. The summed E-state index contributed by atoms with van der Waals surface area (Å²) in [4.78, 5) is 6.83. The number of hydrogen-bond donors (Lipinski definition) is 1. The first-order valence-electron chi connectivity index (χ1n) is 12.1. The molecule has 2 aromatic rings. The van der Waals surface area contributed by atoms with Crippen LogP contribution in [0.15, 0.2) is 24.4 Å². The number of aliphatic hydroxyl groups is 1. The summed E-state index contributed by atoms with van der Waals surface area (Å²) >= 11 is 6.38. The number of ether oxygens (including phenoxy) is 1. The zero-order valence-electron chi connectivity index (χ0n) is 19.6. The van der Waals surface area contributed by atoms with Crippen molar-refractivity contribution in [2.24, 2.45) is 5.41 Å². The number of hydrogen-bond acceptors (Lipinski definition) is 4. The van der Waals surface area contributed by atoms with Crippen molar-refractivity contribution in [2.75, 3.05) is 33.4 Å². The number of piperidine rings is 1. The van der Waals surface area contributed by atoms with Crippen molar-refractivity contribution in [3.05, 3.63) is 35.0 Å². The number of halogens is 2. The number of benzene rings is 1. The molecular weight excluding hydrogens is 427 g/mol. The zero-order valence-corrected chi connectivity index (χ0v) is 20.3. The Balaban J connectivity index is 1.59. The molecule has 1 fully saturated rings. The molecule has 0 bridgehead atoms. The van der Waals surface area contributed by atoms with Crippen LogP contribution in [0.4, 0.5) is 4.39 Å². The highest BCUT2D eigenvalue weighted by atomic mass is 35.5. The average molecular weight is 465 g/mol. The molecule has 1 aromatic heterocycles. The number of alkyl halides is 1. The van der Waals surface area contributed by atoms with E-state index in [1.165, 1.54) is 38.3 Å². The molecule has 4 nitrogen and oxygen atoms in total. The van der Waals surface area contributed by atoms with E-state index in [0.29, 0.717) is 40.1 Å². The first kappa shape index (κ1) is 25.2. The number of aliphatic hydroxyl groups excluding tert-OH is 1. The summed E-state index contributed by atoms with van der Waals surface area (Å²) in [7, 11) is 1.59. The molecule has 0 saturated carbocycles. The minimum atomic E-state index is -1.21. The van der Waals surface area contributed by atoms with Gasteiger partial charge in [0.15, 0.2) is 0 Å². The van der Waals surface area contributed by atoms with Gasteiger partial charge in [0.1, 0.15) is 11.9 Å². The first-order chi connectivity index (χ1) is 15.5. The second-order valence-electron chi connectivity index (χ2n) is 9.32. The van der Waals surface area contributed by atoms with Crippen molar-refractivity contribution in [2.45, 2.75) is 70.9 Å². The molecule has 1 atom stereocenters. The fraction of sp³-hybridized carbons (Fsp3) is 0.654. The van der Waals surface area contributed by atoms with Crippen LogP contribution in [0.25, 0.3) is 10.9 Å². The van der Waals surface area contributed by atoms with Crippen LogP contribution < -0.4 is 4.74 Å². The topological polar surface area (TPSA) is 45.6 Å². The van der Waals surface area contributed by atoms with Gasteiger partial charge in [-0.05, 0) is 75.4 Å². The molecule has 1 aromatic carbocycles. The molecule has 0 spiro atoms. The maximum Gasteiger partial charge on any atom is 0.127 e. The van der Waals surface area contributed by atoms with Crippen LogP contribution >= 0.6 is 11.6 Å². The largest absolute Gasteiger partial charge is 0.497 e. The van der Waals surface area contributed by atoms with Crippen molar-refractivity contribution >= 4 is 22.5 Å². The van der Waals surface area contributed by atoms with E-state index < -0.39 is 6.17 Å². The van der Waals surface area contributed by atoms with Crippen LogP contribution in [0.1, 0.15) is 76.4 Å². The van der Waals surface area contributed by atoms with Gasteiger partial charge in [-0.2, -0.15) is 0 Å². The highest BCUT2D eigenvalue weighted by Gasteiger charge is 2.35. The SMILES string of the molecule is CCCCCCCN1CCC(CO)(CC[C@H](F)c2c(Cl)cnc3ccc(OC)cc23)CC1. The van der Waals surface area contributed by atoms with Crippen LogP contribution in [0.3, 0.4) is 0 Å². The Morgan fingerprint density at radius 1 is 1.22 bits per heavy atom. The predicted molar refractivity (Wildman–Crippen MR) is 130 cm³/mol. The number of pyridine rings is 1. The first-order valence-corrected chi connectivity index (χ1v) is 12.5. The van der Waals surface area contributed by atoms with Gasteiger partial charge in [0.25, 0.3) is 0 Å². The van der Waals surface area contributed by atoms with Gasteiger partial charge in [0.2, 0.25) is 0 Å². The van der Waals surface area contributed by atoms with Gasteiger partial charge in [-0.3, -0.25) is 4.98 Å². The van der Waals surface area contributed by atoms with Gasteiger partial charge in [-0.15, -0.1) is 0 Å². The average Bonchev–Trinajstić information content (AvgIpc) is 2.82. The Kier molecular flexibility index (Phi) is 9.57. The van der Waals surface area contributed by atoms with Gasteiger partial charge >= 0.3 is 0 Å². The van der Waals surface area contributed by atoms with Crippen molar-refractivity contribution in [3.8, 4) is 5.75 Å². The van der Waals surface area contributed by atoms with Crippen LogP contribution in [0, 0.1) is 5.41 Å². The number of fused-ring (bicyclic) bond motifs is 1. The van der Waals surface area contributed by atoms with Crippen LogP contribution in [-0.4, -0.2) is 48.3 Å². The Bertz CT molecular complexity index is 855. The van der Waals surface area contributed by atoms with Gasteiger partial charge in [-0.1, -0.05) is 44.2 Å². The lowest BCUT2D eigenvalue weighted by Gasteiger charge is -2.41. The van der Waals surface area contributed by atoms with Crippen molar-refractivity contribution in [1.29, 1.82) is 0 Å². The lowest BCUT2D eigenvalue weighted by molar-refractivity contribution is 0.0298. The molecule has 1 saturated heterocycles. The van der Waals surface area contributed by atoms with E-state index in [2.05, 4.69) is 16.8 Å². The van der Waals surface area contributed by atoms with Gasteiger partial charge in [0.05, 0.1) is 17.6 Å². The molecule has 0 aliphatic carbocycles. The third kappa shape index (κ3) is 6.33. The van der Waals surface area contributed by atoms with Crippen LogP contribution in [0.2, 0.25) is 5.02 Å². The standard InChI is InChI=1S/C26H38ClFN2O2/c1-3-4-5-6-7-14-30-15-12-26(19-31,13-16-30)11-10-23(28)25-21-17-20(32-2)8-9-24(21)29-18-22(25)27/h8-9,17-18,23,31H,3-7,10-16,19H2,1-2H3/t23-/m0/s1. The Labute approximate surface area is 197 Å². The summed E-state index contributed by atoms with van der Waals surface area (Å²) in [5, 5.41) is 11.2. The smallest absolute Gasteiger partial charge is 0.127 e. The number of rotatable bonds is 12. The lowest BCUT2D eigenvalue weighted by Crippen LogP contribution is -2.42. The van der Waals surface area contributed by atoms with E-state index in [0.717, 1.165) is 32.5 Å². The van der Waals surface area contributed by atoms with E-state index in [1.807, 2.05) is 12.1 Å². The molecule has 0 unspecified atom stereocenters. The van der Waals surface area contributed by atoms with Gasteiger partial charge < -0.3 is 14.7 Å². The Hall–Kier alpha value is -1.43. The molecule has 0 amide bonds. The van der Waals surface area contributed by atoms with E-state index in [1.54, 1.807) is 13.2 Å². The summed E-state index contributed by atoms with van der Waals surface area (Å²) in [6, 6.07) is 5.45. The summed E-state index contributed by atoms with van der Waals surface area (Å²) < 4.78 is 20.8. The molecule has 0 radical (unpaired) electrons. The maximum atomic E-state index is 15.5. The molecule has 1 aliphatic heterocycles. The number of aromatic nitrogens is 1. The quantitative estimate of drug-likeness (QED) is 0.353. The summed E-state index contributed by atoms with van der Waals surface area (Å²) in [5.41, 5.74) is 0.987. The molecule has 2 heterocycles. The highest BCUT2D eigenvalue weighted by molar-refractivity contribution is 6.32. The fourth-order valence-corrected chi connectivity index (χ4v) is 5.14. The lowest BCUT2D eigenvalue weighted by atomic mass is 9.74. The molecule has 1 N–H and O–H groups in total. The number of methoxy groups -OCH3 is 1. The minimum Gasteiger partial charge on any atom is -0.497 e. The summed E-state index contributed by atoms with van der Waals surface area (Å²) in [5.74, 6) is 0.656. The maximum absolute atomic E-state index is 15.5. The van der Waals surface area contributed by atoms with Gasteiger partial charge in [-0.25, -0.2) is 4.39 Å². The van der Waals surface area contributed by atoms with E-state index in [-0.39, 0.29) is 12.0 Å². The minimum absolute atomic E-state index is 0.114. The molecule has 178 valence electrons. The third-order valence-electron chi connectivity index (χ3n) is 7.14. The van der Waals surface area contributed by atoms with E-state index >= 15 is 4.39 Å². The molecule has 32 heavy (non-hydrogen) atoms. The Morgan fingerprint density at radius 3 is 2.66 bits per heavy atom. The van der Waals surface area contributed by atoms with E-state index in [9.17, 15) is 5.11 Å². The monoisotopic (exact) mass is 464 g/mol. The molecule has 6 heteroatoms. The second-order valence-corrected chi connectivity index (χ2v) is 9.73. The molecule has 1 aliphatic rings. The fourth-order valence-electron chi connectivity index (χ4n) is 4.87. The van der Waals surface area contributed by atoms with Crippen LogP contribution in [0.5, 0.6) is 5.75 Å². The predicted octanol–water partition coefficient (Wildman–Crippen LogP) is 6.73. The molecular formula is C26H38ClFN2O2. The van der Waals surface area contributed by atoms with Crippen molar-refractivity contribution in [3.63, 3.8) is 0 Å². The number of unbranched alkanes of at least 4 members (excludes halogenated alkanes) is 4. The number of likely N-dealkylation sites (tertiary alicyclic amines) is 1. The third-order valence-corrected chi connectivity index (χ3v) is 7.44. The van der Waals surface area contributed by atoms with Crippen LogP contribution in [-0.2, 0) is 0 Å². The zero-order chi connectivity index (χ0) is 23.0. The van der Waals surface area contributed by atoms with Crippen molar-refractivity contribution < 1.29 is 14.2 Å². The van der Waals surface area contributed by atoms with Gasteiger partial charge in [0, 0.05) is 23.8 Å².